The fraction of sp³-hybridized carbons (Fsp3) is 0.200. The van der Waals surface area contributed by atoms with Crippen LogP contribution in [0.25, 0.3) is 10.9 Å². The number of aromatic nitrogens is 2. The van der Waals surface area contributed by atoms with E-state index in [1.54, 1.807) is 7.11 Å². The maximum atomic E-state index is 5.79. The van der Waals surface area contributed by atoms with E-state index in [1.807, 2.05) is 18.2 Å². The number of nitrogens with two attached hydrogens (primary N) is 2. The zero-order valence-electron chi connectivity index (χ0n) is 8.40. The molecule has 0 radical (unpaired) electrons. The van der Waals surface area contributed by atoms with Gasteiger partial charge in [-0.15, -0.1) is 0 Å². The summed E-state index contributed by atoms with van der Waals surface area (Å²) in [5, 5.41) is 0.784. The fourth-order valence-corrected chi connectivity index (χ4v) is 1.40. The molecule has 5 heteroatoms. The number of methoxy groups -OCH3 is 1. The van der Waals surface area contributed by atoms with Crippen molar-refractivity contribution in [3.05, 3.63) is 24.0 Å². The lowest BCUT2D eigenvalue weighted by atomic mass is 10.2. The smallest absolute Gasteiger partial charge is 0.144 e. The zero-order chi connectivity index (χ0) is 10.8. The second-order valence-electron chi connectivity index (χ2n) is 3.11. The van der Waals surface area contributed by atoms with E-state index >= 15 is 0 Å². The fourth-order valence-electron chi connectivity index (χ4n) is 1.40. The molecule has 0 fully saturated rings. The first kappa shape index (κ1) is 9.67. The van der Waals surface area contributed by atoms with Gasteiger partial charge in [-0.3, -0.25) is 0 Å². The lowest BCUT2D eigenvalue weighted by molar-refractivity contribution is 0.415. The molecule has 2 rings (SSSR count). The van der Waals surface area contributed by atoms with Crippen LogP contribution in [0.15, 0.2) is 18.2 Å². The van der Waals surface area contributed by atoms with Gasteiger partial charge in [0.05, 0.1) is 19.2 Å². The van der Waals surface area contributed by atoms with Crippen molar-refractivity contribution in [1.29, 1.82) is 0 Å². The highest BCUT2D eigenvalue weighted by atomic mass is 16.5. The minimum Gasteiger partial charge on any atom is -0.497 e. The molecule has 0 saturated carbocycles. The average Bonchev–Trinajstić information content (AvgIpc) is 2.28. The van der Waals surface area contributed by atoms with E-state index < -0.39 is 0 Å². The molecule has 1 aromatic carbocycles. The maximum absolute atomic E-state index is 5.79. The topological polar surface area (TPSA) is 87.0 Å². The summed E-state index contributed by atoms with van der Waals surface area (Å²) in [5.74, 6) is 1.71. The Kier molecular flexibility index (Phi) is 2.39. The van der Waals surface area contributed by atoms with Crippen molar-refractivity contribution in [1.82, 2.24) is 9.97 Å². The predicted molar refractivity (Wildman–Crippen MR) is 58.4 cm³/mol. The second kappa shape index (κ2) is 3.70. The zero-order valence-corrected chi connectivity index (χ0v) is 8.40. The van der Waals surface area contributed by atoms with Crippen LogP contribution in [0.2, 0.25) is 0 Å². The molecule has 1 aromatic heterocycles. The van der Waals surface area contributed by atoms with Gasteiger partial charge >= 0.3 is 0 Å². The molecule has 0 aliphatic heterocycles. The van der Waals surface area contributed by atoms with Crippen LogP contribution in [0.5, 0.6) is 5.75 Å². The van der Waals surface area contributed by atoms with Crippen molar-refractivity contribution >= 4 is 16.7 Å². The third kappa shape index (κ3) is 1.69. The van der Waals surface area contributed by atoms with Crippen LogP contribution in [0.3, 0.4) is 0 Å². The van der Waals surface area contributed by atoms with Gasteiger partial charge in [0, 0.05) is 5.39 Å². The maximum Gasteiger partial charge on any atom is 0.144 e. The Labute approximate surface area is 87.1 Å². The minimum atomic E-state index is 0.284. The minimum absolute atomic E-state index is 0.284. The van der Waals surface area contributed by atoms with Crippen molar-refractivity contribution < 1.29 is 4.74 Å². The normalized spacial score (nSPS) is 10.5. The Hall–Kier alpha value is -1.88. The first-order valence-corrected chi connectivity index (χ1v) is 4.55. The van der Waals surface area contributed by atoms with Crippen LogP contribution in [0.4, 0.5) is 5.82 Å². The molecule has 78 valence electrons. The summed E-state index contributed by atoms with van der Waals surface area (Å²) >= 11 is 0. The van der Waals surface area contributed by atoms with Crippen LogP contribution in [-0.2, 0) is 6.54 Å². The second-order valence-corrected chi connectivity index (χ2v) is 3.11. The number of fused-ring (bicyclic) bond motifs is 1. The monoisotopic (exact) mass is 204 g/mol. The highest BCUT2D eigenvalue weighted by Crippen LogP contribution is 2.22. The first-order chi connectivity index (χ1) is 7.24. The Morgan fingerprint density at radius 1 is 1.33 bits per heavy atom. The standard InChI is InChI=1S/C10H12N4O/c1-15-6-2-3-8-7(4-6)10(12)14-9(5-11)13-8/h2-4H,5,11H2,1H3,(H2,12,13,14). The average molecular weight is 204 g/mol. The van der Waals surface area contributed by atoms with Crippen LogP contribution in [0, 0.1) is 0 Å². The molecule has 15 heavy (non-hydrogen) atoms. The molecule has 4 N–H and O–H groups in total. The van der Waals surface area contributed by atoms with Gasteiger partial charge in [-0.25, -0.2) is 9.97 Å². The van der Waals surface area contributed by atoms with E-state index in [0.29, 0.717) is 11.6 Å². The van der Waals surface area contributed by atoms with Crippen LogP contribution < -0.4 is 16.2 Å². The third-order valence-electron chi connectivity index (χ3n) is 2.16. The van der Waals surface area contributed by atoms with Gasteiger partial charge in [-0.05, 0) is 18.2 Å². The van der Waals surface area contributed by atoms with Gasteiger partial charge in [-0.1, -0.05) is 0 Å². The predicted octanol–water partition coefficient (Wildman–Crippen LogP) is 0.679. The summed E-state index contributed by atoms with van der Waals surface area (Å²) in [7, 11) is 1.60. The number of hydrogen-bond donors (Lipinski definition) is 2. The van der Waals surface area contributed by atoms with Crippen LogP contribution >= 0.6 is 0 Å². The number of anilines is 1. The molecule has 0 aliphatic rings. The van der Waals surface area contributed by atoms with Crippen molar-refractivity contribution in [2.24, 2.45) is 5.73 Å². The number of ether oxygens (including phenoxy) is 1. The molecule has 1 heterocycles. The van der Waals surface area contributed by atoms with Gasteiger partial charge in [0.25, 0.3) is 0 Å². The molecule has 2 aromatic rings. The molecule has 0 spiro atoms. The number of rotatable bonds is 2. The summed E-state index contributed by atoms with van der Waals surface area (Å²) in [6.45, 7) is 0.284. The van der Waals surface area contributed by atoms with Crippen molar-refractivity contribution in [3.8, 4) is 5.75 Å². The number of benzene rings is 1. The van der Waals surface area contributed by atoms with Crippen molar-refractivity contribution in [3.63, 3.8) is 0 Å². The van der Waals surface area contributed by atoms with E-state index in [-0.39, 0.29) is 6.54 Å². The Morgan fingerprint density at radius 2 is 2.13 bits per heavy atom. The molecular weight excluding hydrogens is 192 g/mol. The van der Waals surface area contributed by atoms with E-state index in [9.17, 15) is 0 Å². The molecule has 0 unspecified atom stereocenters. The number of nitrogens with zero attached hydrogens (tertiary/aromatic N) is 2. The molecule has 0 atom stereocenters. The van der Waals surface area contributed by atoms with Gasteiger partial charge in [0.1, 0.15) is 17.4 Å². The SMILES string of the molecule is COc1ccc2nc(CN)nc(N)c2c1. The Morgan fingerprint density at radius 3 is 2.80 bits per heavy atom. The van der Waals surface area contributed by atoms with Crippen molar-refractivity contribution in [2.45, 2.75) is 6.54 Å². The molecule has 0 bridgehead atoms. The lowest BCUT2D eigenvalue weighted by Crippen LogP contribution is -2.06. The number of nitrogen functional groups attached to an aromatic ring is 1. The van der Waals surface area contributed by atoms with Gasteiger partial charge in [-0.2, -0.15) is 0 Å². The van der Waals surface area contributed by atoms with Gasteiger partial charge < -0.3 is 16.2 Å². The quantitative estimate of drug-likeness (QED) is 0.751. The van der Waals surface area contributed by atoms with E-state index in [1.165, 1.54) is 0 Å². The highest BCUT2D eigenvalue weighted by Gasteiger charge is 2.05. The summed E-state index contributed by atoms with van der Waals surface area (Å²) in [4.78, 5) is 8.34. The summed E-state index contributed by atoms with van der Waals surface area (Å²) in [5.41, 5.74) is 12.0. The summed E-state index contributed by atoms with van der Waals surface area (Å²) in [6.07, 6.45) is 0. The number of hydrogen-bond acceptors (Lipinski definition) is 5. The summed E-state index contributed by atoms with van der Waals surface area (Å²) in [6, 6.07) is 5.48. The van der Waals surface area contributed by atoms with Gasteiger partial charge in [0.15, 0.2) is 0 Å². The highest BCUT2D eigenvalue weighted by molar-refractivity contribution is 5.89. The lowest BCUT2D eigenvalue weighted by Gasteiger charge is -2.05. The van der Waals surface area contributed by atoms with E-state index in [0.717, 1.165) is 16.7 Å². The van der Waals surface area contributed by atoms with E-state index in [2.05, 4.69) is 9.97 Å². The molecular formula is C10H12N4O. The van der Waals surface area contributed by atoms with Crippen LogP contribution in [0.1, 0.15) is 5.82 Å². The molecule has 0 aliphatic carbocycles. The molecule has 5 nitrogen and oxygen atoms in total. The van der Waals surface area contributed by atoms with Crippen molar-refractivity contribution in [2.75, 3.05) is 12.8 Å². The van der Waals surface area contributed by atoms with Gasteiger partial charge in [0.2, 0.25) is 0 Å². The third-order valence-corrected chi connectivity index (χ3v) is 2.16. The van der Waals surface area contributed by atoms with Crippen LogP contribution in [-0.4, -0.2) is 17.1 Å². The molecule has 0 saturated heterocycles. The Bertz CT molecular complexity index is 498. The molecule has 0 amide bonds. The van der Waals surface area contributed by atoms with E-state index in [4.69, 9.17) is 16.2 Å². The summed E-state index contributed by atoms with van der Waals surface area (Å²) < 4.78 is 5.10. The first-order valence-electron chi connectivity index (χ1n) is 4.55. The largest absolute Gasteiger partial charge is 0.497 e. The Balaban J connectivity index is 2.68.